The van der Waals surface area contributed by atoms with E-state index in [-0.39, 0.29) is 28.7 Å². The molecule has 2 fully saturated rings. The van der Waals surface area contributed by atoms with Crippen molar-refractivity contribution in [3.63, 3.8) is 0 Å². The molecule has 1 saturated heterocycles. The van der Waals surface area contributed by atoms with Gasteiger partial charge in [-0.15, -0.1) is 0 Å². The number of piperazine rings is 1. The summed E-state index contributed by atoms with van der Waals surface area (Å²) < 4.78 is 32.2. The SMILES string of the molecule is O=C(N[C@H]1CC[C@@H](n2c(=O)c3cc(F)cnc3n(-c3cccc(-c4ccc(CN5CCNCC5)cc4)c3)c2=O)CC1)c1cn2cc(F)ccc2n1. The van der Waals surface area contributed by atoms with Gasteiger partial charge < -0.3 is 15.0 Å². The molecule has 0 atom stereocenters. The topological polar surface area (TPSA) is 119 Å². The number of rotatable bonds is 7. The normalized spacial score (nSPS) is 18.3. The highest BCUT2D eigenvalue weighted by Crippen LogP contribution is 2.29. The molecule has 51 heavy (non-hydrogen) atoms. The molecule has 13 heteroatoms. The molecule has 1 amide bonds. The number of pyridine rings is 2. The van der Waals surface area contributed by atoms with Crippen molar-refractivity contribution >= 4 is 22.6 Å². The zero-order chi connectivity index (χ0) is 35.1. The maximum Gasteiger partial charge on any atom is 0.337 e. The van der Waals surface area contributed by atoms with E-state index in [9.17, 15) is 23.2 Å². The van der Waals surface area contributed by atoms with Crippen LogP contribution in [0.15, 0.2) is 94.9 Å². The first-order chi connectivity index (χ1) is 24.8. The molecule has 0 unspecified atom stereocenters. The van der Waals surface area contributed by atoms with Crippen LogP contribution < -0.4 is 21.9 Å². The van der Waals surface area contributed by atoms with Crippen LogP contribution in [0, 0.1) is 11.6 Å². The van der Waals surface area contributed by atoms with Crippen LogP contribution in [0.4, 0.5) is 8.78 Å². The van der Waals surface area contributed by atoms with Crippen LogP contribution in [0.5, 0.6) is 0 Å². The molecule has 5 heterocycles. The number of fused-ring (bicyclic) bond motifs is 2. The van der Waals surface area contributed by atoms with E-state index < -0.39 is 28.9 Å². The molecule has 6 aromatic rings. The van der Waals surface area contributed by atoms with Gasteiger partial charge in [-0.3, -0.25) is 19.1 Å². The maximum absolute atomic E-state index is 14.5. The number of hydrogen-bond acceptors (Lipinski definition) is 7. The van der Waals surface area contributed by atoms with Crippen LogP contribution in [0.2, 0.25) is 0 Å². The number of nitrogens with zero attached hydrogens (tertiary/aromatic N) is 6. The van der Waals surface area contributed by atoms with E-state index in [1.165, 1.54) is 43.6 Å². The summed E-state index contributed by atoms with van der Waals surface area (Å²) in [5, 5.41) is 6.38. The predicted molar refractivity (Wildman–Crippen MR) is 189 cm³/mol. The fraction of sp³-hybridized carbons (Fsp3) is 0.289. The summed E-state index contributed by atoms with van der Waals surface area (Å²) in [5.74, 6) is -1.50. The second-order valence-electron chi connectivity index (χ2n) is 13.3. The van der Waals surface area contributed by atoms with Crippen molar-refractivity contribution < 1.29 is 13.6 Å². The number of benzene rings is 2. The van der Waals surface area contributed by atoms with Crippen molar-refractivity contribution in [1.82, 2.24) is 39.0 Å². The van der Waals surface area contributed by atoms with Gasteiger partial charge in [-0.1, -0.05) is 36.4 Å². The Labute approximate surface area is 291 Å². The highest BCUT2D eigenvalue weighted by Gasteiger charge is 2.29. The highest BCUT2D eigenvalue weighted by atomic mass is 19.1. The highest BCUT2D eigenvalue weighted by molar-refractivity contribution is 5.93. The van der Waals surface area contributed by atoms with Crippen LogP contribution in [-0.2, 0) is 6.54 Å². The molecule has 0 radical (unpaired) electrons. The molecule has 2 aromatic carbocycles. The Morgan fingerprint density at radius 2 is 1.67 bits per heavy atom. The van der Waals surface area contributed by atoms with Crippen molar-refractivity contribution in [2.24, 2.45) is 0 Å². The molecule has 2 aliphatic rings. The summed E-state index contributed by atoms with van der Waals surface area (Å²) in [6.07, 6.45) is 5.62. The molecule has 260 valence electrons. The lowest BCUT2D eigenvalue weighted by Gasteiger charge is -2.30. The molecule has 8 rings (SSSR count). The first-order valence-corrected chi connectivity index (χ1v) is 17.2. The van der Waals surface area contributed by atoms with Crippen molar-refractivity contribution in [3.05, 3.63) is 129 Å². The number of halogens is 2. The van der Waals surface area contributed by atoms with Crippen molar-refractivity contribution in [2.75, 3.05) is 26.2 Å². The lowest BCUT2D eigenvalue weighted by molar-refractivity contribution is 0.0917. The zero-order valence-electron chi connectivity index (χ0n) is 27.8. The summed E-state index contributed by atoms with van der Waals surface area (Å²) in [5.41, 5.74) is 3.13. The minimum atomic E-state index is -0.674. The van der Waals surface area contributed by atoms with Gasteiger partial charge in [0.1, 0.15) is 23.0 Å². The number of nitrogens with one attached hydrogen (secondary N) is 2. The number of aromatic nitrogens is 5. The summed E-state index contributed by atoms with van der Waals surface area (Å²) in [6, 6.07) is 19.1. The average Bonchev–Trinajstić information content (AvgIpc) is 3.57. The fourth-order valence-electron chi connectivity index (χ4n) is 7.30. The quantitative estimate of drug-likeness (QED) is 0.254. The third-order valence-electron chi connectivity index (χ3n) is 9.94. The van der Waals surface area contributed by atoms with E-state index >= 15 is 0 Å². The minimum Gasteiger partial charge on any atom is -0.348 e. The third kappa shape index (κ3) is 6.57. The van der Waals surface area contributed by atoms with Crippen LogP contribution in [-0.4, -0.2) is 66.5 Å². The molecule has 4 aromatic heterocycles. The second kappa shape index (κ2) is 13.6. The Morgan fingerprint density at radius 3 is 2.45 bits per heavy atom. The summed E-state index contributed by atoms with van der Waals surface area (Å²) >= 11 is 0. The van der Waals surface area contributed by atoms with Crippen LogP contribution in [0.25, 0.3) is 33.5 Å². The van der Waals surface area contributed by atoms with Crippen LogP contribution in [0.1, 0.15) is 47.8 Å². The summed E-state index contributed by atoms with van der Waals surface area (Å²) in [4.78, 5) is 52.1. The monoisotopic (exact) mass is 690 g/mol. The van der Waals surface area contributed by atoms with E-state index in [0.29, 0.717) is 37.0 Å². The molecule has 0 spiro atoms. The third-order valence-corrected chi connectivity index (χ3v) is 9.94. The molecule has 1 saturated carbocycles. The maximum atomic E-state index is 14.5. The first kappa shape index (κ1) is 32.7. The van der Waals surface area contributed by atoms with Crippen LogP contribution in [0.3, 0.4) is 0 Å². The molecule has 1 aliphatic carbocycles. The molecule has 11 nitrogen and oxygen atoms in total. The smallest absolute Gasteiger partial charge is 0.337 e. The average molecular weight is 691 g/mol. The predicted octanol–water partition coefficient (Wildman–Crippen LogP) is 4.46. The van der Waals surface area contributed by atoms with E-state index in [1.54, 1.807) is 6.07 Å². The largest absolute Gasteiger partial charge is 0.348 e. The van der Waals surface area contributed by atoms with Gasteiger partial charge >= 0.3 is 5.69 Å². The van der Waals surface area contributed by atoms with Crippen LogP contribution >= 0.6 is 0 Å². The Bertz CT molecular complexity index is 2370. The Kier molecular flexibility index (Phi) is 8.74. The molecule has 1 aliphatic heterocycles. The van der Waals surface area contributed by atoms with E-state index in [2.05, 4.69) is 49.8 Å². The van der Waals surface area contributed by atoms with Crippen molar-refractivity contribution in [1.29, 1.82) is 0 Å². The second-order valence-corrected chi connectivity index (χ2v) is 13.3. The number of imidazole rings is 1. The Balaban J connectivity index is 1.05. The molecule has 2 N–H and O–H groups in total. The van der Waals surface area contributed by atoms with E-state index in [4.69, 9.17) is 0 Å². The molecular formula is C38H36F2N8O3. The number of carbonyl (C=O) groups excluding carboxylic acids is 1. The minimum absolute atomic E-state index is 0.0102. The van der Waals surface area contributed by atoms with Gasteiger partial charge in [0.2, 0.25) is 0 Å². The summed E-state index contributed by atoms with van der Waals surface area (Å²) in [6.45, 7) is 4.88. The van der Waals surface area contributed by atoms with Gasteiger partial charge in [-0.2, -0.15) is 0 Å². The summed E-state index contributed by atoms with van der Waals surface area (Å²) in [7, 11) is 0. The molecular weight excluding hydrogens is 654 g/mol. The molecule has 0 bridgehead atoms. The number of carbonyl (C=O) groups is 1. The van der Waals surface area contributed by atoms with Crippen molar-refractivity contribution in [3.8, 4) is 16.8 Å². The van der Waals surface area contributed by atoms with Gasteiger partial charge in [-0.25, -0.2) is 28.1 Å². The van der Waals surface area contributed by atoms with Gasteiger partial charge in [0.15, 0.2) is 5.65 Å². The van der Waals surface area contributed by atoms with Gasteiger partial charge in [0.05, 0.1) is 17.3 Å². The zero-order valence-corrected chi connectivity index (χ0v) is 27.8. The van der Waals surface area contributed by atoms with Gasteiger partial charge in [0.25, 0.3) is 11.5 Å². The first-order valence-electron chi connectivity index (χ1n) is 17.2. The lowest BCUT2D eigenvalue weighted by Crippen LogP contribution is -2.45. The lowest BCUT2D eigenvalue weighted by atomic mass is 9.90. The van der Waals surface area contributed by atoms with Crippen molar-refractivity contribution in [2.45, 2.75) is 44.3 Å². The van der Waals surface area contributed by atoms with E-state index in [1.807, 2.05) is 18.2 Å². The fourth-order valence-corrected chi connectivity index (χ4v) is 7.30. The standard InChI is InChI=1S/C38H36F2N8O3/c39-27-8-13-34-44-33(23-46(34)22-27)36(49)43-29-9-11-30(12-10-29)48-37(50)32-19-28(40)20-42-35(32)47(38(48)51)31-3-1-2-26(18-31)25-6-4-24(5-7-25)21-45-16-14-41-15-17-45/h1-8,13,18-20,22-23,29-30,41H,9-12,14-17,21H2,(H,43,49)/t29-,30+. The number of amides is 1. The number of hydrogen-bond donors (Lipinski definition) is 2. The Hall–Kier alpha value is -5.53. The van der Waals surface area contributed by atoms with Gasteiger partial charge in [0, 0.05) is 57.2 Å². The Morgan fingerprint density at radius 1 is 0.882 bits per heavy atom. The van der Waals surface area contributed by atoms with Gasteiger partial charge in [-0.05, 0) is 72.7 Å². The van der Waals surface area contributed by atoms with E-state index in [0.717, 1.165) is 56.1 Å².